The number of hydrogen-bond acceptors (Lipinski definition) is 2. The Balaban J connectivity index is 3.73. The van der Waals surface area contributed by atoms with Crippen LogP contribution in [-0.4, -0.2) is 12.1 Å². The summed E-state index contributed by atoms with van der Waals surface area (Å²) in [6.07, 6.45) is 17.3. The standard InChI is InChI=1S/C18H33O2/c1-4-6-8-9-10-11-12-14-16-18(20-17(3)19)15-13-7-5-2/h14,16,18H,1,4-13,15H2,2-3H3/b16-14-. The summed E-state index contributed by atoms with van der Waals surface area (Å²) in [5, 5.41) is 0. The summed E-state index contributed by atoms with van der Waals surface area (Å²) in [4.78, 5) is 11.1. The number of carbonyl (C=O) groups excluding carboxylic acids is 1. The molecule has 1 radical (unpaired) electrons. The zero-order chi connectivity index (χ0) is 15.1. The maximum Gasteiger partial charge on any atom is 0.303 e. The zero-order valence-electron chi connectivity index (χ0n) is 13.5. The molecule has 0 fully saturated rings. The Morgan fingerprint density at radius 3 is 2.45 bits per heavy atom. The minimum absolute atomic E-state index is 0.0229. The lowest BCUT2D eigenvalue weighted by Gasteiger charge is -2.12. The van der Waals surface area contributed by atoms with Crippen molar-refractivity contribution in [1.29, 1.82) is 0 Å². The van der Waals surface area contributed by atoms with Crippen LogP contribution in [0.4, 0.5) is 0 Å². The van der Waals surface area contributed by atoms with Gasteiger partial charge >= 0.3 is 5.97 Å². The van der Waals surface area contributed by atoms with Gasteiger partial charge in [-0.2, -0.15) is 0 Å². The van der Waals surface area contributed by atoms with E-state index in [0.29, 0.717) is 0 Å². The second-order valence-corrected chi connectivity index (χ2v) is 5.48. The first kappa shape index (κ1) is 19.2. The van der Waals surface area contributed by atoms with Gasteiger partial charge in [0, 0.05) is 6.92 Å². The highest BCUT2D eigenvalue weighted by molar-refractivity contribution is 5.66. The van der Waals surface area contributed by atoms with Crippen LogP contribution >= 0.6 is 0 Å². The van der Waals surface area contributed by atoms with Crippen LogP contribution in [0, 0.1) is 6.92 Å². The number of rotatable bonds is 13. The van der Waals surface area contributed by atoms with Crippen LogP contribution in [0.5, 0.6) is 0 Å². The Bertz CT molecular complexity index is 246. The van der Waals surface area contributed by atoms with E-state index in [1.54, 1.807) is 0 Å². The average molecular weight is 281 g/mol. The lowest BCUT2D eigenvalue weighted by molar-refractivity contribution is -0.144. The molecule has 0 rings (SSSR count). The third-order valence-electron chi connectivity index (χ3n) is 3.38. The Hall–Kier alpha value is -0.790. The lowest BCUT2D eigenvalue weighted by Crippen LogP contribution is -2.13. The van der Waals surface area contributed by atoms with E-state index in [1.165, 1.54) is 51.9 Å². The molecule has 2 nitrogen and oxygen atoms in total. The number of unbranched alkanes of at least 4 members (excludes halogenated alkanes) is 8. The van der Waals surface area contributed by atoms with E-state index in [1.807, 2.05) is 0 Å². The highest BCUT2D eigenvalue weighted by atomic mass is 16.5. The van der Waals surface area contributed by atoms with E-state index in [2.05, 4.69) is 26.0 Å². The van der Waals surface area contributed by atoms with Crippen LogP contribution in [0.25, 0.3) is 0 Å². The van der Waals surface area contributed by atoms with E-state index in [9.17, 15) is 4.79 Å². The Morgan fingerprint density at radius 1 is 1.10 bits per heavy atom. The topological polar surface area (TPSA) is 26.3 Å². The molecule has 0 aliphatic rings. The SMILES string of the molecule is [CH2]CCCCCCC/C=C\C(CCCCC)OC(C)=O. The second kappa shape index (κ2) is 14.6. The molecule has 2 heteroatoms. The van der Waals surface area contributed by atoms with Gasteiger partial charge in [0.2, 0.25) is 0 Å². The fraction of sp³-hybridized carbons (Fsp3) is 0.778. The predicted molar refractivity (Wildman–Crippen MR) is 86.5 cm³/mol. The quantitative estimate of drug-likeness (QED) is 0.249. The maximum absolute atomic E-state index is 11.1. The number of carbonyl (C=O) groups is 1. The van der Waals surface area contributed by atoms with Crippen molar-refractivity contribution in [3.05, 3.63) is 19.1 Å². The normalized spacial score (nSPS) is 12.8. The summed E-state index contributed by atoms with van der Waals surface area (Å²) < 4.78 is 5.32. The molecule has 1 unspecified atom stereocenters. The van der Waals surface area contributed by atoms with Gasteiger partial charge in [0.15, 0.2) is 0 Å². The molecule has 0 aromatic rings. The van der Waals surface area contributed by atoms with Crippen molar-refractivity contribution >= 4 is 5.97 Å². The largest absolute Gasteiger partial charge is 0.458 e. The smallest absolute Gasteiger partial charge is 0.303 e. The molecule has 20 heavy (non-hydrogen) atoms. The molecule has 0 saturated heterocycles. The zero-order valence-corrected chi connectivity index (χ0v) is 13.5. The molecule has 0 amide bonds. The first-order valence-corrected chi connectivity index (χ1v) is 8.33. The second-order valence-electron chi connectivity index (χ2n) is 5.48. The van der Waals surface area contributed by atoms with Crippen LogP contribution in [0.3, 0.4) is 0 Å². The molecule has 117 valence electrons. The summed E-state index contributed by atoms with van der Waals surface area (Å²) in [6, 6.07) is 0. The first-order valence-electron chi connectivity index (χ1n) is 8.33. The van der Waals surface area contributed by atoms with Gasteiger partial charge in [0.1, 0.15) is 6.10 Å². The Morgan fingerprint density at radius 2 is 1.80 bits per heavy atom. The number of ether oxygens (including phenoxy) is 1. The van der Waals surface area contributed by atoms with Crippen LogP contribution in [0.2, 0.25) is 0 Å². The summed E-state index contributed by atoms with van der Waals surface area (Å²) in [5.74, 6) is -0.177. The van der Waals surface area contributed by atoms with E-state index < -0.39 is 0 Å². The third-order valence-corrected chi connectivity index (χ3v) is 3.38. The fourth-order valence-electron chi connectivity index (χ4n) is 2.22. The molecule has 0 saturated carbocycles. The van der Waals surface area contributed by atoms with Crippen LogP contribution in [0.15, 0.2) is 12.2 Å². The van der Waals surface area contributed by atoms with Gasteiger partial charge in [0.05, 0.1) is 0 Å². The van der Waals surface area contributed by atoms with Gasteiger partial charge in [-0.15, -0.1) is 0 Å². The Labute approximate surface area is 126 Å². The van der Waals surface area contributed by atoms with Crippen molar-refractivity contribution in [2.24, 2.45) is 0 Å². The highest BCUT2D eigenvalue weighted by Gasteiger charge is 2.07. The van der Waals surface area contributed by atoms with Gasteiger partial charge in [0.25, 0.3) is 0 Å². The fourth-order valence-corrected chi connectivity index (χ4v) is 2.22. The number of allylic oxidation sites excluding steroid dienone is 1. The van der Waals surface area contributed by atoms with Gasteiger partial charge < -0.3 is 4.74 Å². The van der Waals surface area contributed by atoms with E-state index in [0.717, 1.165) is 25.7 Å². The van der Waals surface area contributed by atoms with Crippen LogP contribution in [-0.2, 0) is 9.53 Å². The molecular formula is C18H33O2. The van der Waals surface area contributed by atoms with E-state index in [4.69, 9.17) is 4.74 Å². The van der Waals surface area contributed by atoms with Crippen LogP contribution in [0.1, 0.15) is 84.5 Å². The molecule has 0 bridgehead atoms. The van der Waals surface area contributed by atoms with Crippen LogP contribution < -0.4 is 0 Å². The molecular weight excluding hydrogens is 248 g/mol. The molecule has 0 heterocycles. The van der Waals surface area contributed by atoms with Crippen molar-refractivity contribution in [2.45, 2.75) is 90.6 Å². The summed E-state index contributed by atoms with van der Waals surface area (Å²) in [7, 11) is 0. The van der Waals surface area contributed by atoms with Gasteiger partial charge in [-0.05, 0) is 31.8 Å². The molecule has 0 N–H and O–H groups in total. The number of esters is 1. The van der Waals surface area contributed by atoms with Crippen molar-refractivity contribution in [3.8, 4) is 0 Å². The highest BCUT2D eigenvalue weighted by Crippen LogP contribution is 2.11. The first-order chi connectivity index (χ1) is 9.70. The molecule has 0 aromatic heterocycles. The minimum Gasteiger partial charge on any atom is -0.458 e. The minimum atomic E-state index is -0.177. The monoisotopic (exact) mass is 281 g/mol. The predicted octanol–water partition coefficient (Wildman–Crippen LogP) is 5.62. The number of hydrogen-bond donors (Lipinski definition) is 0. The van der Waals surface area contributed by atoms with E-state index in [-0.39, 0.29) is 12.1 Å². The lowest BCUT2D eigenvalue weighted by atomic mass is 10.1. The molecule has 1 atom stereocenters. The van der Waals surface area contributed by atoms with Crippen molar-refractivity contribution < 1.29 is 9.53 Å². The molecule has 0 spiro atoms. The van der Waals surface area contributed by atoms with Crippen molar-refractivity contribution in [3.63, 3.8) is 0 Å². The third kappa shape index (κ3) is 13.6. The van der Waals surface area contributed by atoms with Crippen molar-refractivity contribution in [1.82, 2.24) is 0 Å². The maximum atomic E-state index is 11.1. The summed E-state index contributed by atoms with van der Waals surface area (Å²) in [5.41, 5.74) is 0. The summed E-state index contributed by atoms with van der Waals surface area (Å²) in [6.45, 7) is 7.53. The average Bonchev–Trinajstić information content (AvgIpc) is 2.41. The van der Waals surface area contributed by atoms with E-state index >= 15 is 0 Å². The Kier molecular flexibility index (Phi) is 14.0. The molecule has 0 aromatic carbocycles. The summed E-state index contributed by atoms with van der Waals surface area (Å²) >= 11 is 0. The van der Waals surface area contributed by atoms with Gasteiger partial charge in [-0.1, -0.05) is 64.9 Å². The van der Waals surface area contributed by atoms with Gasteiger partial charge in [-0.3, -0.25) is 4.79 Å². The van der Waals surface area contributed by atoms with Crippen molar-refractivity contribution in [2.75, 3.05) is 0 Å². The molecule has 0 aliphatic carbocycles. The van der Waals surface area contributed by atoms with Gasteiger partial charge in [-0.25, -0.2) is 0 Å². The molecule has 0 aliphatic heterocycles.